The molecule has 1 aliphatic rings. The van der Waals surface area contributed by atoms with Crippen LogP contribution in [0, 0.1) is 0 Å². The SMILES string of the molecule is CCNCC(C)N(C)CC1(N(C)C)CCC1. The van der Waals surface area contributed by atoms with Gasteiger partial charge in [0, 0.05) is 24.7 Å². The van der Waals surface area contributed by atoms with Gasteiger partial charge >= 0.3 is 0 Å². The molecule has 1 aliphatic carbocycles. The Morgan fingerprint density at radius 1 is 1.25 bits per heavy atom. The molecule has 1 unspecified atom stereocenters. The molecule has 1 rings (SSSR count). The van der Waals surface area contributed by atoms with E-state index in [1.807, 2.05) is 0 Å². The average Bonchev–Trinajstić information content (AvgIpc) is 2.18. The van der Waals surface area contributed by atoms with Crippen LogP contribution in [-0.2, 0) is 0 Å². The lowest BCUT2D eigenvalue weighted by Crippen LogP contribution is -2.58. The first-order chi connectivity index (χ1) is 7.52. The van der Waals surface area contributed by atoms with Gasteiger partial charge in [-0.2, -0.15) is 0 Å². The van der Waals surface area contributed by atoms with Gasteiger partial charge in [-0.05, 0) is 53.9 Å². The molecule has 0 saturated heterocycles. The molecule has 1 saturated carbocycles. The number of nitrogens with zero attached hydrogens (tertiary/aromatic N) is 2. The van der Waals surface area contributed by atoms with Crippen molar-refractivity contribution in [3.63, 3.8) is 0 Å². The van der Waals surface area contributed by atoms with Gasteiger partial charge in [0.25, 0.3) is 0 Å². The highest BCUT2D eigenvalue weighted by atomic mass is 15.2. The lowest BCUT2D eigenvalue weighted by Gasteiger charge is -2.50. The van der Waals surface area contributed by atoms with E-state index in [-0.39, 0.29) is 0 Å². The Morgan fingerprint density at radius 2 is 1.88 bits per heavy atom. The van der Waals surface area contributed by atoms with Gasteiger partial charge in [0.15, 0.2) is 0 Å². The second-order valence-corrected chi connectivity index (χ2v) is 5.54. The van der Waals surface area contributed by atoms with E-state index in [1.165, 1.54) is 25.8 Å². The summed E-state index contributed by atoms with van der Waals surface area (Å²) < 4.78 is 0. The van der Waals surface area contributed by atoms with Crippen molar-refractivity contribution in [3.05, 3.63) is 0 Å². The Labute approximate surface area is 101 Å². The molecule has 3 heteroatoms. The third-order valence-corrected chi connectivity index (χ3v) is 4.22. The highest BCUT2D eigenvalue weighted by Crippen LogP contribution is 2.36. The van der Waals surface area contributed by atoms with Crippen molar-refractivity contribution in [1.82, 2.24) is 15.1 Å². The van der Waals surface area contributed by atoms with Crippen LogP contribution >= 0.6 is 0 Å². The molecule has 0 aromatic carbocycles. The maximum Gasteiger partial charge on any atom is 0.0330 e. The third kappa shape index (κ3) is 3.19. The van der Waals surface area contributed by atoms with Gasteiger partial charge in [0.05, 0.1) is 0 Å². The van der Waals surface area contributed by atoms with E-state index in [0.717, 1.165) is 13.1 Å². The molecule has 0 radical (unpaired) electrons. The Balaban J connectivity index is 2.39. The Hall–Kier alpha value is -0.120. The van der Waals surface area contributed by atoms with E-state index in [2.05, 4.69) is 50.1 Å². The summed E-state index contributed by atoms with van der Waals surface area (Å²) in [5.41, 5.74) is 0.454. The summed E-state index contributed by atoms with van der Waals surface area (Å²) in [4.78, 5) is 4.93. The Morgan fingerprint density at radius 3 is 2.25 bits per heavy atom. The van der Waals surface area contributed by atoms with Crippen molar-refractivity contribution in [1.29, 1.82) is 0 Å². The highest BCUT2D eigenvalue weighted by molar-refractivity contribution is 4.98. The van der Waals surface area contributed by atoms with E-state index >= 15 is 0 Å². The minimum atomic E-state index is 0.454. The molecule has 3 nitrogen and oxygen atoms in total. The zero-order chi connectivity index (χ0) is 12.2. The smallest absolute Gasteiger partial charge is 0.0330 e. The van der Waals surface area contributed by atoms with Crippen molar-refractivity contribution in [2.24, 2.45) is 0 Å². The van der Waals surface area contributed by atoms with Crippen LogP contribution in [0.4, 0.5) is 0 Å². The molecule has 0 spiro atoms. The number of hydrogen-bond acceptors (Lipinski definition) is 3. The maximum absolute atomic E-state index is 3.42. The minimum absolute atomic E-state index is 0.454. The lowest BCUT2D eigenvalue weighted by molar-refractivity contribution is 0.0183. The Kier molecular flexibility index (Phi) is 5.22. The number of hydrogen-bond donors (Lipinski definition) is 1. The van der Waals surface area contributed by atoms with E-state index in [1.54, 1.807) is 0 Å². The van der Waals surface area contributed by atoms with E-state index in [4.69, 9.17) is 0 Å². The first-order valence-corrected chi connectivity index (χ1v) is 6.60. The van der Waals surface area contributed by atoms with Gasteiger partial charge in [-0.25, -0.2) is 0 Å². The summed E-state index contributed by atoms with van der Waals surface area (Å²) >= 11 is 0. The lowest BCUT2D eigenvalue weighted by atomic mass is 9.75. The molecule has 0 aromatic rings. The standard InChI is InChI=1S/C13H29N3/c1-6-14-10-12(2)16(5)11-13(15(3)4)8-7-9-13/h12,14H,6-11H2,1-5H3. The van der Waals surface area contributed by atoms with E-state index in [9.17, 15) is 0 Å². The topological polar surface area (TPSA) is 18.5 Å². The molecule has 0 amide bonds. The van der Waals surface area contributed by atoms with Gasteiger partial charge in [-0.1, -0.05) is 6.92 Å². The number of rotatable bonds is 7. The van der Waals surface area contributed by atoms with Gasteiger partial charge in [0.2, 0.25) is 0 Å². The van der Waals surface area contributed by atoms with E-state index in [0.29, 0.717) is 11.6 Å². The number of likely N-dealkylation sites (N-methyl/N-ethyl adjacent to an activating group) is 3. The van der Waals surface area contributed by atoms with Crippen LogP contribution in [0.5, 0.6) is 0 Å². The minimum Gasteiger partial charge on any atom is -0.315 e. The second-order valence-electron chi connectivity index (χ2n) is 5.54. The van der Waals surface area contributed by atoms with Gasteiger partial charge in [-0.3, -0.25) is 0 Å². The molecule has 0 bridgehead atoms. The normalized spacial score (nSPS) is 21.2. The number of nitrogens with one attached hydrogen (secondary N) is 1. The summed E-state index contributed by atoms with van der Waals surface area (Å²) in [5.74, 6) is 0. The van der Waals surface area contributed by atoms with Crippen molar-refractivity contribution < 1.29 is 0 Å². The van der Waals surface area contributed by atoms with E-state index < -0.39 is 0 Å². The summed E-state index contributed by atoms with van der Waals surface area (Å²) in [6, 6.07) is 0.623. The van der Waals surface area contributed by atoms with Crippen LogP contribution < -0.4 is 5.32 Å². The summed E-state index contributed by atoms with van der Waals surface area (Å²) in [6.07, 6.45) is 4.12. The summed E-state index contributed by atoms with van der Waals surface area (Å²) in [7, 11) is 6.70. The fraction of sp³-hybridized carbons (Fsp3) is 1.00. The third-order valence-electron chi connectivity index (χ3n) is 4.22. The molecule has 16 heavy (non-hydrogen) atoms. The molecule has 0 heterocycles. The monoisotopic (exact) mass is 227 g/mol. The van der Waals surface area contributed by atoms with Crippen LogP contribution in [0.15, 0.2) is 0 Å². The molecular formula is C13H29N3. The predicted molar refractivity (Wildman–Crippen MR) is 70.9 cm³/mol. The van der Waals surface area contributed by atoms with Crippen LogP contribution in [0.3, 0.4) is 0 Å². The average molecular weight is 227 g/mol. The predicted octanol–water partition coefficient (Wildman–Crippen LogP) is 1.40. The molecule has 1 atom stereocenters. The van der Waals surface area contributed by atoms with Crippen molar-refractivity contribution in [3.8, 4) is 0 Å². The van der Waals surface area contributed by atoms with Crippen LogP contribution in [0.2, 0.25) is 0 Å². The molecular weight excluding hydrogens is 198 g/mol. The maximum atomic E-state index is 3.42. The Bertz CT molecular complexity index is 199. The van der Waals surface area contributed by atoms with Crippen LogP contribution in [-0.4, -0.2) is 62.2 Å². The van der Waals surface area contributed by atoms with Crippen LogP contribution in [0.1, 0.15) is 33.1 Å². The quantitative estimate of drug-likeness (QED) is 0.709. The van der Waals surface area contributed by atoms with Crippen molar-refractivity contribution in [2.45, 2.75) is 44.7 Å². The molecule has 96 valence electrons. The molecule has 0 aliphatic heterocycles. The first-order valence-electron chi connectivity index (χ1n) is 6.60. The van der Waals surface area contributed by atoms with Crippen LogP contribution in [0.25, 0.3) is 0 Å². The second kappa shape index (κ2) is 5.99. The molecule has 1 fully saturated rings. The zero-order valence-electron chi connectivity index (χ0n) is 11.7. The van der Waals surface area contributed by atoms with Gasteiger partial charge < -0.3 is 15.1 Å². The van der Waals surface area contributed by atoms with Crippen molar-refractivity contribution >= 4 is 0 Å². The molecule has 0 aromatic heterocycles. The largest absolute Gasteiger partial charge is 0.315 e. The summed E-state index contributed by atoms with van der Waals surface area (Å²) in [5, 5.41) is 3.42. The first kappa shape index (κ1) is 13.9. The van der Waals surface area contributed by atoms with Crippen molar-refractivity contribution in [2.75, 3.05) is 40.8 Å². The highest BCUT2D eigenvalue weighted by Gasteiger charge is 2.40. The summed E-state index contributed by atoms with van der Waals surface area (Å²) in [6.45, 7) is 7.84. The molecule has 1 N–H and O–H groups in total. The fourth-order valence-electron chi connectivity index (χ4n) is 2.46. The fourth-order valence-corrected chi connectivity index (χ4v) is 2.46. The van der Waals surface area contributed by atoms with Gasteiger partial charge in [0.1, 0.15) is 0 Å². The zero-order valence-corrected chi connectivity index (χ0v) is 11.7. The van der Waals surface area contributed by atoms with Gasteiger partial charge in [-0.15, -0.1) is 0 Å².